The molecule has 2 atom stereocenters. The minimum Gasteiger partial charge on any atom is -0.369 e. The highest BCUT2D eigenvalue weighted by molar-refractivity contribution is 5.89. The second-order valence-electron chi connectivity index (χ2n) is 8.65. The zero-order valence-electron chi connectivity index (χ0n) is 18.0. The second kappa shape index (κ2) is 6.85. The highest BCUT2D eigenvalue weighted by Crippen LogP contribution is 2.43. The van der Waals surface area contributed by atoms with Gasteiger partial charge in [-0.1, -0.05) is 30.3 Å². The fraction of sp³-hybridized carbons (Fsp3) is 0.292. The van der Waals surface area contributed by atoms with E-state index in [1.807, 2.05) is 38.3 Å². The molecule has 1 fully saturated rings. The lowest BCUT2D eigenvalue weighted by Gasteiger charge is -2.42. The molecule has 2 unspecified atom stereocenters. The van der Waals surface area contributed by atoms with Crippen LogP contribution in [-0.2, 0) is 9.59 Å². The summed E-state index contributed by atoms with van der Waals surface area (Å²) in [5, 5.41) is 9.37. The van der Waals surface area contributed by atoms with E-state index in [0.717, 1.165) is 46.5 Å². The fourth-order valence-electron chi connectivity index (χ4n) is 5.10. The van der Waals surface area contributed by atoms with E-state index in [2.05, 4.69) is 44.0 Å². The summed E-state index contributed by atoms with van der Waals surface area (Å²) in [7, 11) is 0. The summed E-state index contributed by atoms with van der Waals surface area (Å²) in [5.41, 5.74) is 6.12. The van der Waals surface area contributed by atoms with Gasteiger partial charge in [-0.25, -0.2) is 4.99 Å². The molecule has 0 aromatic heterocycles. The maximum absolute atomic E-state index is 12.9. The Labute approximate surface area is 186 Å². The van der Waals surface area contributed by atoms with Gasteiger partial charge in [0.05, 0.1) is 35.8 Å². The topological polar surface area (TPSA) is 89.1 Å². The monoisotopic (exact) mass is 428 g/mol. The number of carbonyl (C=O) groups excluding carboxylic acids is 2. The Bertz CT molecular complexity index is 1200. The Kier molecular flexibility index (Phi) is 4.05. The molecule has 2 amide bonds. The third-order valence-corrected chi connectivity index (χ3v) is 6.69. The molecular formula is C24H24N6O2. The average molecular weight is 428 g/mol. The number of carbonyl (C=O) groups is 2. The van der Waals surface area contributed by atoms with E-state index in [0.29, 0.717) is 13.0 Å². The number of fused-ring (bicyclic) bond motifs is 1. The number of β-lactam (4-membered cyclic amide) rings is 1. The predicted octanol–water partition coefficient (Wildman–Crippen LogP) is 1.61. The highest BCUT2D eigenvalue weighted by atomic mass is 16.2. The summed E-state index contributed by atoms with van der Waals surface area (Å²) in [6, 6.07) is 9.98. The highest BCUT2D eigenvalue weighted by Gasteiger charge is 2.44. The molecular weight excluding hydrogens is 404 g/mol. The number of amides is 2. The molecule has 0 aliphatic carbocycles. The van der Waals surface area contributed by atoms with Crippen LogP contribution in [0, 0.1) is 0 Å². The molecule has 3 N–H and O–H groups in total. The van der Waals surface area contributed by atoms with Gasteiger partial charge in [-0.15, -0.1) is 0 Å². The number of nitrogens with one attached hydrogen (secondary N) is 3. The first-order valence-corrected chi connectivity index (χ1v) is 10.9. The molecule has 1 aromatic rings. The Morgan fingerprint density at radius 1 is 1.12 bits per heavy atom. The summed E-state index contributed by atoms with van der Waals surface area (Å²) < 4.78 is 0. The van der Waals surface area contributed by atoms with Crippen LogP contribution >= 0.6 is 0 Å². The van der Waals surface area contributed by atoms with Crippen molar-refractivity contribution in [2.24, 2.45) is 4.99 Å². The van der Waals surface area contributed by atoms with Gasteiger partial charge in [-0.2, -0.15) is 0 Å². The Balaban J connectivity index is 1.49. The Morgan fingerprint density at radius 3 is 2.66 bits per heavy atom. The van der Waals surface area contributed by atoms with Crippen LogP contribution in [-0.4, -0.2) is 47.0 Å². The van der Waals surface area contributed by atoms with Crippen molar-refractivity contribution in [1.29, 1.82) is 0 Å². The molecule has 8 heteroatoms. The number of allylic oxidation sites excluding steroid dienone is 2. The van der Waals surface area contributed by atoms with Gasteiger partial charge in [0.15, 0.2) is 5.82 Å². The van der Waals surface area contributed by atoms with Crippen molar-refractivity contribution < 1.29 is 9.59 Å². The summed E-state index contributed by atoms with van der Waals surface area (Å²) in [6.07, 6.45) is 4.39. The average Bonchev–Trinajstić information content (AvgIpc) is 3.41. The molecule has 162 valence electrons. The van der Waals surface area contributed by atoms with Crippen LogP contribution in [0.4, 0.5) is 0 Å². The standard InChI is InChI=1S/C24H24N6O2/c1-13-10-18(17-11-19(31)27-17)29-9-8-25-23(29)20(13)30-14(2)24(32)28-22-21(30)16(12-26-22)15-6-4-3-5-7-15/h3-8,10,14,16,26H,9,11-12H2,1-2H3,(H,27,31)(H,28,32). The first-order valence-electron chi connectivity index (χ1n) is 10.9. The van der Waals surface area contributed by atoms with Gasteiger partial charge in [-0.05, 0) is 31.1 Å². The third-order valence-electron chi connectivity index (χ3n) is 6.69. The number of rotatable bonds is 2. The van der Waals surface area contributed by atoms with Gasteiger partial charge < -0.3 is 25.8 Å². The summed E-state index contributed by atoms with van der Waals surface area (Å²) in [4.78, 5) is 33.4. The molecule has 0 radical (unpaired) electrons. The third kappa shape index (κ3) is 2.65. The van der Waals surface area contributed by atoms with Gasteiger partial charge in [-0.3, -0.25) is 9.59 Å². The number of benzene rings is 1. The van der Waals surface area contributed by atoms with Crippen LogP contribution in [0.15, 0.2) is 81.4 Å². The lowest BCUT2D eigenvalue weighted by Crippen LogP contribution is -2.51. The van der Waals surface area contributed by atoms with Crippen LogP contribution in [0.5, 0.6) is 0 Å². The van der Waals surface area contributed by atoms with Crippen molar-refractivity contribution in [2.45, 2.75) is 32.2 Å². The Hall–Kier alpha value is -3.81. The minimum absolute atomic E-state index is 0.0360. The van der Waals surface area contributed by atoms with Crippen molar-refractivity contribution in [1.82, 2.24) is 25.8 Å². The van der Waals surface area contributed by atoms with E-state index < -0.39 is 0 Å². The van der Waals surface area contributed by atoms with Crippen molar-refractivity contribution >= 4 is 18.0 Å². The van der Waals surface area contributed by atoms with Crippen molar-refractivity contribution in [3.05, 3.63) is 82.0 Å². The molecule has 0 spiro atoms. The molecule has 1 saturated heterocycles. The van der Waals surface area contributed by atoms with Gasteiger partial charge in [0, 0.05) is 18.7 Å². The Morgan fingerprint density at radius 2 is 1.91 bits per heavy atom. The van der Waals surface area contributed by atoms with Gasteiger partial charge >= 0.3 is 0 Å². The molecule has 5 aliphatic rings. The van der Waals surface area contributed by atoms with Gasteiger partial charge in [0.25, 0.3) is 0 Å². The first-order chi connectivity index (χ1) is 15.5. The molecule has 1 aromatic carbocycles. The van der Waals surface area contributed by atoms with Crippen molar-refractivity contribution in [3.8, 4) is 0 Å². The van der Waals surface area contributed by atoms with E-state index in [1.54, 1.807) is 0 Å². The zero-order chi connectivity index (χ0) is 22.0. The van der Waals surface area contributed by atoms with Crippen molar-refractivity contribution in [3.63, 3.8) is 0 Å². The van der Waals surface area contributed by atoms with Crippen LogP contribution in [0.1, 0.15) is 31.7 Å². The van der Waals surface area contributed by atoms with Crippen LogP contribution < -0.4 is 16.0 Å². The fourth-order valence-corrected chi connectivity index (χ4v) is 5.10. The zero-order valence-corrected chi connectivity index (χ0v) is 18.0. The smallest absolute Gasteiger partial charge is 0.248 e. The first kappa shape index (κ1) is 18.9. The maximum Gasteiger partial charge on any atom is 0.248 e. The van der Waals surface area contributed by atoms with Crippen LogP contribution in [0.3, 0.4) is 0 Å². The minimum atomic E-state index is -0.388. The number of hydrogen-bond donors (Lipinski definition) is 3. The maximum atomic E-state index is 12.9. The molecule has 0 saturated carbocycles. The van der Waals surface area contributed by atoms with Gasteiger partial charge in [0.1, 0.15) is 11.9 Å². The lowest BCUT2D eigenvalue weighted by atomic mass is 9.92. The van der Waals surface area contributed by atoms with E-state index >= 15 is 0 Å². The lowest BCUT2D eigenvalue weighted by molar-refractivity contribution is -0.125. The number of hydrogen-bond acceptors (Lipinski definition) is 6. The van der Waals surface area contributed by atoms with E-state index in [4.69, 9.17) is 4.99 Å². The molecule has 5 heterocycles. The van der Waals surface area contributed by atoms with E-state index in [9.17, 15) is 9.59 Å². The molecule has 8 nitrogen and oxygen atoms in total. The second-order valence-corrected chi connectivity index (χ2v) is 8.65. The summed E-state index contributed by atoms with van der Waals surface area (Å²) >= 11 is 0. The molecule has 0 bridgehead atoms. The molecule has 6 rings (SSSR count). The summed E-state index contributed by atoms with van der Waals surface area (Å²) in [5.74, 6) is 1.69. The van der Waals surface area contributed by atoms with E-state index in [1.165, 1.54) is 5.56 Å². The normalized spacial score (nSPS) is 28.8. The van der Waals surface area contributed by atoms with Gasteiger partial charge in [0.2, 0.25) is 11.8 Å². The largest absolute Gasteiger partial charge is 0.369 e. The van der Waals surface area contributed by atoms with E-state index in [-0.39, 0.29) is 23.8 Å². The van der Waals surface area contributed by atoms with Crippen molar-refractivity contribution in [2.75, 3.05) is 13.1 Å². The quantitative estimate of drug-likeness (QED) is 0.623. The SMILES string of the molecule is CC1=CC(=C2CC(=O)N2)N2CC=NC2=C1N1C2=C(NCC2c2ccccc2)NC(=O)C1C. The molecule has 5 aliphatic heterocycles. The summed E-state index contributed by atoms with van der Waals surface area (Å²) in [6.45, 7) is 5.34. The predicted molar refractivity (Wildman–Crippen MR) is 119 cm³/mol. The number of nitrogens with zero attached hydrogens (tertiary/aromatic N) is 3. The van der Waals surface area contributed by atoms with Crippen LogP contribution in [0.25, 0.3) is 0 Å². The van der Waals surface area contributed by atoms with Crippen LogP contribution in [0.2, 0.25) is 0 Å². The molecule has 32 heavy (non-hydrogen) atoms. The number of aliphatic imine (C=N–C) groups is 1.